The van der Waals surface area contributed by atoms with Crippen molar-refractivity contribution >= 4 is 12.1 Å². The number of benzene rings is 2. The summed E-state index contributed by atoms with van der Waals surface area (Å²) in [5, 5.41) is 3.95. The molecule has 2 aromatic carbocycles. The number of ether oxygens (including phenoxy) is 2. The molecule has 0 radical (unpaired) electrons. The Hall–Kier alpha value is -2.82. The first-order valence-electron chi connectivity index (χ1n) is 8.32. The molecule has 1 N–H and O–H groups in total. The van der Waals surface area contributed by atoms with Crippen molar-refractivity contribution in [3.63, 3.8) is 0 Å². The van der Waals surface area contributed by atoms with Crippen LogP contribution < -0.4 is 14.9 Å². The van der Waals surface area contributed by atoms with Crippen LogP contribution in [-0.2, 0) is 4.79 Å². The number of hydrogen-bond acceptors (Lipinski definition) is 4. The highest BCUT2D eigenvalue weighted by Gasteiger charge is 2.10. The molecule has 0 aliphatic carbocycles. The summed E-state index contributed by atoms with van der Waals surface area (Å²) in [6, 6.07) is 15.2. The smallest absolute Gasteiger partial charge is 0.277 e. The van der Waals surface area contributed by atoms with Crippen molar-refractivity contribution in [1.29, 1.82) is 0 Å². The molecule has 0 saturated carbocycles. The minimum absolute atomic E-state index is 0.0866. The fraction of sp³-hybridized carbons (Fsp3) is 0.300. The number of amides is 1. The van der Waals surface area contributed by atoms with Crippen molar-refractivity contribution in [2.45, 2.75) is 26.2 Å². The van der Waals surface area contributed by atoms with Gasteiger partial charge in [0.15, 0.2) is 6.61 Å². The SMILES string of the molecule is CCC(C)c1ccccc1OCC(=O)N/N=C/c1ccccc1OC. The quantitative estimate of drug-likeness (QED) is 0.588. The van der Waals surface area contributed by atoms with Crippen LogP contribution in [0.4, 0.5) is 0 Å². The molecule has 2 aromatic rings. The molecule has 25 heavy (non-hydrogen) atoms. The van der Waals surface area contributed by atoms with Crippen LogP contribution in [0.25, 0.3) is 0 Å². The van der Waals surface area contributed by atoms with E-state index in [1.807, 2.05) is 48.5 Å². The van der Waals surface area contributed by atoms with Gasteiger partial charge < -0.3 is 9.47 Å². The van der Waals surface area contributed by atoms with Gasteiger partial charge in [0.25, 0.3) is 5.91 Å². The Morgan fingerprint density at radius 2 is 1.84 bits per heavy atom. The van der Waals surface area contributed by atoms with Crippen molar-refractivity contribution in [3.8, 4) is 11.5 Å². The summed E-state index contributed by atoms with van der Waals surface area (Å²) < 4.78 is 10.9. The molecule has 0 aromatic heterocycles. The molecule has 132 valence electrons. The summed E-state index contributed by atoms with van der Waals surface area (Å²) in [6.45, 7) is 4.18. The summed E-state index contributed by atoms with van der Waals surface area (Å²) in [7, 11) is 1.59. The van der Waals surface area contributed by atoms with Crippen LogP contribution in [0.15, 0.2) is 53.6 Å². The normalized spacial score (nSPS) is 12.0. The Balaban J connectivity index is 1.90. The molecule has 0 aliphatic heterocycles. The first-order chi connectivity index (χ1) is 12.2. The lowest BCUT2D eigenvalue weighted by Crippen LogP contribution is -2.25. The Labute approximate surface area is 148 Å². The third-order valence-electron chi connectivity index (χ3n) is 3.95. The Morgan fingerprint density at radius 1 is 1.16 bits per heavy atom. The molecule has 1 unspecified atom stereocenters. The van der Waals surface area contributed by atoms with Crippen molar-refractivity contribution in [2.75, 3.05) is 13.7 Å². The first kappa shape index (κ1) is 18.5. The van der Waals surface area contributed by atoms with E-state index in [1.54, 1.807) is 13.3 Å². The molecule has 0 saturated heterocycles. The van der Waals surface area contributed by atoms with Gasteiger partial charge in [-0.05, 0) is 36.1 Å². The Kier molecular flexibility index (Phi) is 7.01. The van der Waals surface area contributed by atoms with Crippen LogP contribution in [0.1, 0.15) is 37.3 Å². The molecule has 0 aliphatic rings. The third kappa shape index (κ3) is 5.35. The van der Waals surface area contributed by atoms with Crippen LogP contribution in [0, 0.1) is 0 Å². The highest BCUT2D eigenvalue weighted by Crippen LogP contribution is 2.28. The van der Waals surface area contributed by atoms with Crippen molar-refractivity contribution < 1.29 is 14.3 Å². The van der Waals surface area contributed by atoms with Crippen LogP contribution in [0.3, 0.4) is 0 Å². The van der Waals surface area contributed by atoms with E-state index in [1.165, 1.54) is 0 Å². The maximum absolute atomic E-state index is 11.9. The molecule has 5 nitrogen and oxygen atoms in total. The second-order valence-corrected chi connectivity index (χ2v) is 5.67. The van der Waals surface area contributed by atoms with Gasteiger partial charge in [0.2, 0.25) is 0 Å². The highest BCUT2D eigenvalue weighted by atomic mass is 16.5. The number of rotatable bonds is 8. The number of hydrazone groups is 1. The van der Waals surface area contributed by atoms with Crippen LogP contribution in [-0.4, -0.2) is 25.8 Å². The van der Waals surface area contributed by atoms with E-state index in [4.69, 9.17) is 9.47 Å². The highest BCUT2D eigenvalue weighted by molar-refractivity contribution is 5.85. The van der Waals surface area contributed by atoms with Gasteiger partial charge in [0.1, 0.15) is 11.5 Å². The molecule has 5 heteroatoms. The molecule has 0 fully saturated rings. The van der Waals surface area contributed by atoms with Gasteiger partial charge >= 0.3 is 0 Å². The van der Waals surface area contributed by atoms with E-state index in [0.717, 1.165) is 23.3 Å². The molecule has 0 bridgehead atoms. The monoisotopic (exact) mass is 340 g/mol. The van der Waals surface area contributed by atoms with Gasteiger partial charge in [-0.25, -0.2) is 5.43 Å². The van der Waals surface area contributed by atoms with Gasteiger partial charge in [-0.2, -0.15) is 5.10 Å². The zero-order valence-corrected chi connectivity index (χ0v) is 14.9. The lowest BCUT2D eigenvalue weighted by molar-refractivity contribution is -0.123. The molecular weight excluding hydrogens is 316 g/mol. The van der Waals surface area contributed by atoms with E-state index in [0.29, 0.717) is 11.7 Å². The number of nitrogens with zero attached hydrogens (tertiary/aromatic N) is 1. The van der Waals surface area contributed by atoms with Crippen LogP contribution in [0.5, 0.6) is 11.5 Å². The summed E-state index contributed by atoms with van der Waals surface area (Å²) in [4.78, 5) is 11.9. The molecule has 1 amide bonds. The molecule has 2 rings (SSSR count). The summed E-state index contributed by atoms with van der Waals surface area (Å²) in [5.74, 6) is 1.49. The number of methoxy groups -OCH3 is 1. The van der Waals surface area contributed by atoms with Crippen LogP contribution >= 0.6 is 0 Å². The van der Waals surface area contributed by atoms with Gasteiger partial charge in [-0.15, -0.1) is 0 Å². The zero-order chi connectivity index (χ0) is 18.1. The summed E-state index contributed by atoms with van der Waals surface area (Å²) in [6.07, 6.45) is 2.56. The average molecular weight is 340 g/mol. The van der Waals surface area contributed by atoms with E-state index < -0.39 is 0 Å². The van der Waals surface area contributed by atoms with Crippen LogP contribution in [0.2, 0.25) is 0 Å². The lowest BCUT2D eigenvalue weighted by atomic mass is 9.98. The minimum atomic E-state index is -0.315. The largest absolute Gasteiger partial charge is 0.496 e. The molecular formula is C20H24N2O3. The van der Waals surface area contributed by atoms with Gasteiger partial charge in [0, 0.05) is 5.56 Å². The number of carbonyl (C=O) groups is 1. The number of hydrogen-bond donors (Lipinski definition) is 1. The standard InChI is InChI=1S/C20H24N2O3/c1-4-15(2)17-10-6-8-12-19(17)25-14-20(23)22-21-13-16-9-5-7-11-18(16)24-3/h5-13,15H,4,14H2,1-3H3,(H,22,23)/b21-13+. The Bertz CT molecular complexity index is 728. The summed E-state index contributed by atoms with van der Waals surface area (Å²) >= 11 is 0. The molecule has 0 heterocycles. The number of nitrogens with one attached hydrogen (secondary N) is 1. The summed E-state index contributed by atoms with van der Waals surface area (Å²) in [5.41, 5.74) is 4.36. The van der Waals surface area contributed by atoms with Gasteiger partial charge in [-0.1, -0.05) is 44.2 Å². The lowest BCUT2D eigenvalue weighted by Gasteiger charge is -2.15. The predicted molar refractivity (Wildman–Crippen MR) is 99.4 cm³/mol. The second-order valence-electron chi connectivity index (χ2n) is 5.67. The fourth-order valence-corrected chi connectivity index (χ4v) is 2.36. The maximum atomic E-state index is 11.9. The fourth-order valence-electron chi connectivity index (χ4n) is 2.36. The van der Waals surface area contributed by atoms with E-state index in [-0.39, 0.29) is 12.5 Å². The van der Waals surface area contributed by atoms with Crippen molar-refractivity contribution in [2.24, 2.45) is 5.10 Å². The van der Waals surface area contributed by atoms with Gasteiger partial charge in [-0.3, -0.25) is 4.79 Å². The second kappa shape index (κ2) is 9.47. The first-order valence-corrected chi connectivity index (χ1v) is 8.32. The van der Waals surface area contributed by atoms with E-state index in [9.17, 15) is 4.79 Å². The number of para-hydroxylation sites is 2. The zero-order valence-electron chi connectivity index (χ0n) is 14.9. The average Bonchev–Trinajstić information content (AvgIpc) is 2.66. The molecule has 0 spiro atoms. The maximum Gasteiger partial charge on any atom is 0.277 e. The van der Waals surface area contributed by atoms with Crippen molar-refractivity contribution in [1.82, 2.24) is 5.43 Å². The van der Waals surface area contributed by atoms with E-state index in [2.05, 4.69) is 24.4 Å². The third-order valence-corrected chi connectivity index (χ3v) is 3.95. The van der Waals surface area contributed by atoms with E-state index >= 15 is 0 Å². The van der Waals surface area contributed by atoms with Gasteiger partial charge in [0.05, 0.1) is 13.3 Å². The Morgan fingerprint density at radius 3 is 2.56 bits per heavy atom. The minimum Gasteiger partial charge on any atom is -0.496 e. The van der Waals surface area contributed by atoms with Crippen molar-refractivity contribution in [3.05, 3.63) is 59.7 Å². The molecule has 1 atom stereocenters. The predicted octanol–water partition coefficient (Wildman–Crippen LogP) is 3.74. The number of carbonyl (C=O) groups excluding carboxylic acids is 1. The topological polar surface area (TPSA) is 59.9 Å².